The third-order valence-corrected chi connectivity index (χ3v) is 3.78. The van der Waals surface area contributed by atoms with Gasteiger partial charge in [-0.05, 0) is 24.7 Å². The molecule has 0 aromatic carbocycles. The van der Waals surface area contributed by atoms with Gasteiger partial charge < -0.3 is 10.3 Å². The zero-order valence-electron chi connectivity index (χ0n) is 12.4. The van der Waals surface area contributed by atoms with Gasteiger partial charge in [0.25, 0.3) is 0 Å². The van der Waals surface area contributed by atoms with Crippen LogP contribution in [0.1, 0.15) is 70.1 Å². The van der Waals surface area contributed by atoms with Crippen LogP contribution in [0, 0.1) is 5.92 Å². The van der Waals surface area contributed by atoms with E-state index in [0.29, 0.717) is 17.8 Å². The zero-order chi connectivity index (χ0) is 13.4. The van der Waals surface area contributed by atoms with Crippen molar-refractivity contribution in [2.24, 2.45) is 11.7 Å². The van der Waals surface area contributed by atoms with Gasteiger partial charge in [0, 0.05) is 24.2 Å². The van der Waals surface area contributed by atoms with E-state index in [1.807, 2.05) is 0 Å². The molecule has 0 saturated heterocycles. The molecule has 0 radical (unpaired) electrons. The highest BCUT2D eigenvalue weighted by atomic mass is 15.1. The first-order chi connectivity index (χ1) is 8.40. The van der Waals surface area contributed by atoms with Crippen molar-refractivity contribution in [2.75, 3.05) is 0 Å². The Morgan fingerprint density at radius 2 is 2.00 bits per heavy atom. The van der Waals surface area contributed by atoms with Gasteiger partial charge in [0.1, 0.15) is 5.82 Å². The maximum absolute atomic E-state index is 6.17. The molecule has 2 N–H and O–H groups in total. The molecule has 2 heterocycles. The van der Waals surface area contributed by atoms with Gasteiger partial charge in [0.05, 0.1) is 5.69 Å². The van der Waals surface area contributed by atoms with Crippen molar-refractivity contribution in [2.45, 2.75) is 71.9 Å². The molecule has 0 aliphatic carbocycles. The molecule has 3 heteroatoms. The molecule has 2 rings (SSSR count). The molecule has 102 valence electrons. The summed E-state index contributed by atoms with van der Waals surface area (Å²) >= 11 is 0. The van der Waals surface area contributed by atoms with Gasteiger partial charge in [-0.25, -0.2) is 4.98 Å². The molecule has 18 heavy (non-hydrogen) atoms. The molecule has 3 nitrogen and oxygen atoms in total. The van der Waals surface area contributed by atoms with Crippen molar-refractivity contribution in [3.05, 3.63) is 17.2 Å². The van der Waals surface area contributed by atoms with Crippen LogP contribution in [0.15, 0.2) is 0 Å². The number of aromatic nitrogens is 2. The van der Waals surface area contributed by atoms with E-state index in [-0.39, 0.29) is 6.04 Å². The fourth-order valence-corrected chi connectivity index (χ4v) is 3.15. The van der Waals surface area contributed by atoms with Crippen molar-refractivity contribution in [3.8, 4) is 0 Å². The number of nitrogens with zero attached hydrogens (tertiary/aromatic N) is 2. The highest BCUT2D eigenvalue weighted by Gasteiger charge is 2.28. The number of imidazole rings is 1. The predicted molar refractivity (Wildman–Crippen MR) is 75.9 cm³/mol. The van der Waals surface area contributed by atoms with Crippen LogP contribution < -0.4 is 5.73 Å². The first-order valence-corrected chi connectivity index (χ1v) is 7.24. The minimum atomic E-state index is 0.283. The van der Waals surface area contributed by atoms with Gasteiger partial charge in [0.2, 0.25) is 0 Å². The van der Waals surface area contributed by atoms with E-state index in [4.69, 9.17) is 10.7 Å². The number of fused-ring (bicyclic) bond motifs is 1. The topological polar surface area (TPSA) is 43.8 Å². The Morgan fingerprint density at radius 1 is 1.33 bits per heavy atom. The summed E-state index contributed by atoms with van der Waals surface area (Å²) in [5.41, 5.74) is 8.89. The SMILES string of the molecule is CC(C)Cc1nc2n(c1C(C)C)CC(N)CC2C. The highest BCUT2D eigenvalue weighted by Crippen LogP contribution is 2.32. The van der Waals surface area contributed by atoms with Crippen LogP contribution >= 0.6 is 0 Å². The van der Waals surface area contributed by atoms with Gasteiger partial charge in [0.15, 0.2) is 0 Å². The van der Waals surface area contributed by atoms with E-state index >= 15 is 0 Å². The van der Waals surface area contributed by atoms with Gasteiger partial charge in [-0.2, -0.15) is 0 Å². The van der Waals surface area contributed by atoms with Crippen LogP contribution in [-0.4, -0.2) is 15.6 Å². The summed E-state index contributed by atoms with van der Waals surface area (Å²) in [6.45, 7) is 12.2. The molecule has 0 bridgehead atoms. The minimum absolute atomic E-state index is 0.283. The first kappa shape index (κ1) is 13.6. The normalized spacial score (nSPS) is 23.8. The Bertz CT molecular complexity index is 418. The fraction of sp³-hybridized carbons (Fsp3) is 0.800. The average Bonchev–Trinajstić information content (AvgIpc) is 2.54. The Hall–Kier alpha value is -0.830. The van der Waals surface area contributed by atoms with E-state index in [1.54, 1.807) is 0 Å². The third-order valence-electron chi connectivity index (χ3n) is 3.78. The summed E-state index contributed by atoms with van der Waals surface area (Å²) in [6, 6.07) is 0.283. The predicted octanol–water partition coefficient (Wildman–Crippen LogP) is 3.04. The van der Waals surface area contributed by atoms with Crippen LogP contribution in [0.25, 0.3) is 0 Å². The summed E-state index contributed by atoms with van der Waals surface area (Å²) in [5.74, 6) is 2.93. The lowest BCUT2D eigenvalue weighted by Gasteiger charge is -2.27. The lowest BCUT2D eigenvalue weighted by Crippen LogP contribution is -2.34. The summed E-state index contributed by atoms with van der Waals surface area (Å²) in [6.07, 6.45) is 2.14. The van der Waals surface area contributed by atoms with Gasteiger partial charge in [-0.15, -0.1) is 0 Å². The molecule has 1 aromatic heterocycles. The third kappa shape index (κ3) is 2.46. The van der Waals surface area contributed by atoms with Crippen molar-refractivity contribution >= 4 is 0 Å². The molecule has 1 aromatic rings. The molecule has 0 saturated carbocycles. The maximum Gasteiger partial charge on any atom is 0.112 e. The summed E-state index contributed by atoms with van der Waals surface area (Å²) in [4.78, 5) is 4.94. The molecule has 1 aliphatic rings. The van der Waals surface area contributed by atoms with Crippen molar-refractivity contribution in [1.29, 1.82) is 0 Å². The van der Waals surface area contributed by atoms with Gasteiger partial charge in [-0.3, -0.25) is 0 Å². The molecule has 0 fully saturated rings. The lowest BCUT2D eigenvalue weighted by atomic mass is 9.96. The van der Waals surface area contributed by atoms with Crippen LogP contribution in [0.2, 0.25) is 0 Å². The molecular weight excluding hydrogens is 222 g/mol. The second kappa shape index (κ2) is 5.04. The van der Waals surface area contributed by atoms with Crippen LogP contribution in [0.5, 0.6) is 0 Å². The van der Waals surface area contributed by atoms with E-state index in [9.17, 15) is 0 Å². The van der Waals surface area contributed by atoms with Gasteiger partial charge >= 0.3 is 0 Å². The first-order valence-electron chi connectivity index (χ1n) is 7.24. The van der Waals surface area contributed by atoms with Crippen LogP contribution in [0.3, 0.4) is 0 Å². The van der Waals surface area contributed by atoms with E-state index < -0.39 is 0 Å². The quantitative estimate of drug-likeness (QED) is 0.895. The zero-order valence-corrected chi connectivity index (χ0v) is 12.4. The molecular formula is C15H27N3. The Kier molecular flexibility index (Phi) is 3.81. The van der Waals surface area contributed by atoms with Crippen LogP contribution in [-0.2, 0) is 13.0 Å². The summed E-state index contributed by atoms with van der Waals surface area (Å²) < 4.78 is 2.40. The number of nitrogens with two attached hydrogens (primary N) is 1. The largest absolute Gasteiger partial charge is 0.330 e. The van der Waals surface area contributed by atoms with Crippen molar-refractivity contribution in [3.63, 3.8) is 0 Å². The Morgan fingerprint density at radius 3 is 2.56 bits per heavy atom. The summed E-state index contributed by atoms with van der Waals surface area (Å²) in [7, 11) is 0. The highest BCUT2D eigenvalue weighted by molar-refractivity contribution is 5.24. The van der Waals surface area contributed by atoms with Gasteiger partial charge in [-0.1, -0.05) is 34.6 Å². The smallest absolute Gasteiger partial charge is 0.112 e. The summed E-state index contributed by atoms with van der Waals surface area (Å²) in [5, 5.41) is 0. The maximum atomic E-state index is 6.17. The second-order valence-corrected chi connectivity index (χ2v) is 6.56. The molecule has 2 unspecified atom stereocenters. The Labute approximate surface area is 111 Å². The standard InChI is InChI=1S/C15H27N3/c1-9(2)6-13-14(10(3)4)18-8-12(16)7-11(5)15(18)17-13/h9-12H,6-8,16H2,1-5H3. The van der Waals surface area contributed by atoms with E-state index in [2.05, 4.69) is 39.2 Å². The van der Waals surface area contributed by atoms with Crippen molar-refractivity contribution < 1.29 is 0 Å². The molecule has 0 spiro atoms. The van der Waals surface area contributed by atoms with Crippen molar-refractivity contribution in [1.82, 2.24) is 9.55 Å². The molecule has 2 atom stereocenters. The number of rotatable bonds is 3. The average molecular weight is 249 g/mol. The molecule has 0 amide bonds. The lowest BCUT2D eigenvalue weighted by molar-refractivity contribution is 0.397. The monoisotopic (exact) mass is 249 g/mol. The number of hydrogen-bond donors (Lipinski definition) is 1. The molecule has 1 aliphatic heterocycles. The van der Waals surface area contributed by atoms with E-state index in [1.165, 1.54) is 17.2 Å². The Balaban J connectivity index is 2.46. The fourth-order valence-electron chi connectivity index (χ4n) is 3.15. The van der Waals surface area contributed by atoms with E-state index in [0.717, 1.165) is 19.4 Å². The minimum Gasteiger partial charge on any atom is -0.330 e. The second-order valence-electron chi connectivity index (χ2n) is 6.56. The number of hydrogen-bond acceptors (Lipinski definition) is 2. The van der Waals surface area contributed by atoms with Crippen LogP contribution in [0.4, 0.5) is 0 Å².